The van der Waals surface area contributed by atoms with E-state index in [1.807, 2.05) is 18.5 Å². The molecule has 2 aliphatic heterocycles. The molecule has 3 aliphatic rings. The zero-order valence-electron chi connectivity index (χ0n) is 24.2. The number of nitrogens with zero attached hydrogens (tertiary/aromatic N) is 6. The number of sulfonamides is 1. The Balaban J connectivity index is 1.11. The number of hydrogen-bond donors (Lipinski definition) is 2. The second kappa shape index (κ2) is 12.9. The molecule has 3 aromatic heterocycles. The van der Waals surface area contributed by atoms with E-state index in [1.165, 1.54) is 6.42 Å². The Kier molecular flexibility index (Phi) is 8.86. The van der Waals surface area contributed by atoms with Crippen molar-refractivity contribution < 1.29 is 17.9 Å². The first-order chi connectivity index (χ1) is 20.4. The molecule has 0 bridgehead atoms. The Morgan fingerprint density at radius 1 is 0.952 bits per heavy atom. The molecule has 1 aliphatic carbocycles. The molecule has 226 valence electrons. The lowest BCUT2D eigenvalue weighted by Gasteiger charge is -2.31. The van der Waals surface area contributed by atoms with Gasteiger partial charge in [-0.25, -0.2) is 18.4 Å². The molecule has 0 amide bonds. The average molecular weight is 597 g/mol. The lowest BCUT2D eigenvalue weighted by Crippen LogP contribution is -2.35. The third kappa shape index (κ3) is 7.56. The van der Waals surface area contributed by atoms with Gasteiger partial charge in [-0.3, -0.25) is 14.6 Å². The molecule has 2 saturated heterocycles. The highest BCUT2D eigenvalue weighted by Gasteiger charge is 2.25. The molecule has 6 rings (SSSR count). The molecule has 3 aromatic rings. The van der Waals surface area contributed by atoms with Gasteiger partial charge >= 0.3 is 0 Å². The number of morpholine rings is 1. The first kappa shape index (κ1) is 28.8. The Labute approximate surface area is 247 Å². The van der Waals surface area contributed by atoms with Crippen LogP contribution in [-0.4, -0.2) is 91.0 Å². The predicted octanol–water partition coefficient (Wildman–Crippen LogP) is 3.42. The second-order valence-electron chi connectivity index (χ2n) is 11.5. The first-order valence-corrected chi connectivity index (χ1v) is 16.8. The van der Waals surface area contributed by atoms with Crippen LogP contribution in [0.3, 0.4) is 0 Å². The zero-order chi connectivity index (χ0) is 28.9. The number of rotatable bonds is 9. The van der Waals surface area contributed by atoms with E-state index >= 15 is 0 Å². The Morgan fingerprint density at radius 3 is 2.40 bits per heavy atom. The summed E-state index contributed by atoms with van der Waals surface area (Å²) in [4.78, 5) is 23.3. The minimum atomic E-state index is -3.44. The fourth-order valence-electron chi connectivity index (χ4n) is 5.92. The number of ether oxygens (including phenoxy) is 2. The highest BCUT2D eigenvalue weighted by molar-refractivity contribution is 7.92. The quantitative estimate of drug-likeness (QED) is 0.376. The van der Waals surface area contributed by atoms with E-state index in [9.17, 15) is 8.42 Å². The lowest BCUT2D eigenvalue weighted by atomic mass is 9.93. The smallest absolute Gasteiger partial charge is 0.229 e. The molecule has 13 heteroatoms. The fraction of sp³-hybridized carbons (Fsp3) is 0.586. The molecular weight excluding hydrogens is 556 g/mol. The molecule has 0 spiro atoms. The van der Waals surface area contributed by atoms with Gasteiger partial charge in [-0.05, 0) is 51.0 Å². The van der Waals surface area contributed by atoms with Gasteiger partial charge in [0.25, 0.3) is 0 Å². The van der Waals surface area contributed by atoms with E-state index in [0.717, 1.165) is 108 Å². The van der Waals surface area contributed by atoms with Crippen LogP contribution >= 0.6 is 0 Å². The van der Waals surface area contributed by atoms with Crippen LogP contribution in [0.5, 0.6) is 5.88 Å². The van der Waals surface area contributed by atoms with Crippen LogP contribution in [0.1, 0.15) is 50.5 Å². The summed E-state index contributed by atoms with van der Waals surface area (Å²) in [6.07, 6.45) is 13.6. The van der Waals surface area contributed by atoms with Gasteiger partial charge in [-0.15, -0.1) is 0 Å². The summed E-state index contributed by atoms with van der Waals surface area (Å²) in [6, 6.07) is 4.01. The average Bonchev–Trinajstić information content (AvgIpc) is 2.99. The van der Waals surface area contributed by atoms with Crippen LogP contribution in [0.2, 0.25) is 0 Å². The molecule has 1 saturated carbocycles. The van der Waals surface area contributed by atoms with Crippen molar-refractivity contribution in [2.45, 2.75) is 63.6 Å². The number of pyridine rings is 2. The molecule has 3 fully saturated rings. The summed E-state index contributed by atoms with van der Waals surface area (Å²) in [7, 11) is -3.44. The SMILES string of the molecule is CS(=O)(=O)Nc1cnc2cc(N3CCCCC3)nc(OC3CCC(Nc4ncc(CN5CCOCC5)cn4)CC3)c2c1. The third-order valence-electron chi connectivity index (χ3n) is 8.12. The van der Waals surface area contributed by atoms with Gasteiger partial charge in [0.05, 0.1) is 42.3 Å². The molecule has 0 unspecified atom stereocenters. The minimum Gasteiger partial charge on any atom is -0.474 e. The third-order valence-corrected chi connectivity index (χ3v) is 8.72. The van der Waals surface area contributed by atoms with Gasteiger partial charge in [0.1, 0.15) is 11.9 Å². The van der Waals surface area contributed by atoms with Crippen LogP contribution in [0, 0.1) is 0 Å². The largest absolute Gasteiger partial charge is 0.474 e. The number of fused-ring (bicyclic) bond motifs is 1. The van der Waals surface area contributed by atoms with Crippen molar-refractivity contribution in [1.82, 2.24) is 24.8 Å². The van der Waals surface area contributed by atoms with E-state index in [1.54, 1.807) is 12.3 Å². The van der Waals surface area contributed by atoms with E-state index in [0.29, 0.717) is 22.9 Å². The fourth-order valence-corrected chi connectivity index (χ4v) is 6.46. The summed E-state index contributed by atoms with van der Waals surface area (Å²) in [5.41, 5.74) is 2.24. The van der Waals surface area contributed by atoms with Gasteiger partial charge in [-0.2, -0.15) is 4.98 Å². The van der Waals surface area contributed by atoms with E-state index in [2.05, 4.69) is 34.8 Å². The topological polar surface area (TPSA) is 135 Å². The van der Waals surface area contributed by atoms with Gasteiger partial charge in [0, 0.05) is 62.8 Å². The number of hydrogen-bond acceptors (Lipinski definition) is 11. The lowest BCUT2D eigenvalue weighted by molar-refractivity contribution is 0.0341. The van der Waals surface area contributed by atoms with Crippen LogP contribution in [0.25, 0.3) is 10.9 Å². The summed E-state index contributed by atoms with van der Waals surface area (Å²) in [5.74, 6) is 2.02. The molecular formula is C29H40N8O4S. The predicted molar refractivity (Wildman–Crippen MR) is 162 cm³/mol. The van der Waals surface area contributed by atoms with Crippen LogP contribution < -0.4 is 19.7 Å². The van der Waals surface area contributed by atoms with Gasteiger partial charge in [-0.1, -0.05) is 0 Å². The van der Waals surface area contributed by atoms with Crippen molar-refractivity contribution in [3.05, 3.63) is 36.3 Å². The number of aromatic nitrogens is 4. The summed E-state index contributed by atoms with van der Waals surface area (Å²) in [6.45, 7) is 6.19. The number of nitrogens with one attached hydrogen (secondary N) is 2. The van der Waals surface area contributed by atoms with Crippen molar-refractivity contribution in [3.63, 3.8) is 0 Å². The van der Waals surface area contributed by atoms with Gasteiger partial charge in [0.2, 0.25) is 21.9 Å². The second-order valence-corrected chi connectivity index (χ2v) is 13.3. The van der Waals surface area contributed by atoms with E-state index in [4.69, 9.17) is 14.5 Å². The summed E-state index contributed by atoms with van der Waals surface area (Å²) in [5, 5.41) is 4.20. The Morgan fingerprint density at radius 2 is 1.69 bits per heavy atom. The summed E-state index contributed by atoms with van der Waals surface area (Å²) < 4.78 is 38.2. The molecule has 42 heavy (non-hydrogen) atoms. The minimum absolute atomic E-state index is 0.00121. The highest BCUT2D eigenvalue weighted by Crippen LogP contribution is 2.33. The van der Waals surface area contributed by atoms with Crippen molar-refractivity contribution >= 4 is 38.4 Å². The first-order valence-electron chi connectivity index (χ1n) is 15.0. The molecule has 0 aromatic carbocycles. The molecule has 2 N–H and O–H groups in total. The normalized spacial score (nSPS) is 22.2. The van der Waals surface area contributed by atoms with Crippen molar-refractivity contribution in [2.75, 3.05) is 60.6 Å². The van der Waals surface area contributed by atoms with E-state index < -0.39 is 10.0 Å². The summed E-state index contributed by atoms with van der Waals surface area (Å²) >= 11 is 0. The Bertz CT molecular complexity index is 1450. The molecule has 12 nitrogen and oxygen atoms in total. The number of anilines is 3. The molecule has 0 atom stereocenters. The maximum Gasteiger partial charge on any atom is 0.229 e. The van der Waals surface area contributed by atoms with Crippen LogP contribution in [-0.2, 0) is 21.3 Å². The Hall–Kier alpha value is -3.29. The standard InChI is InChI=1S/C29H40N8O4S/c1-42(38,39)35-23-15-25-26(30-19-23)16-27(37-9-3-2-4-10-37)34-28(25)41-24-7-5-22(6-8-24)33-29-31-17-21(18-32-29)20-36-11-13-40-14-12-36/h15-19,22,24,35H,2-14,20H2,1H3,(H,31,32,33). The number of piperidine rings is 1. The van der Waals surface area contributed by atoms with Gasteiger partial charge < -0.3 is 19.7 Å². The van der Waals surface area contributed by atoms with Gasteiger partial charge in [0.15, 0.2) is 0 Å². The van der Waals surface area contributed by atoms with E-state index in [-0.39, 0.29) is 12.1 Å². The maximum atomic E-state index is 11.8. The van der Waals surface area contributed by atoms with Crippen molar-refractivity contribution in [1.29, 1.82) is 0 Å². The zero-order valence-corrected chi connectivity index (χ0v) is 25.0. The van der Waals surface area contributed by atoms with Crippen molar-refractivity contribution in [2.24, 2.45) is 0 Å². The highest BCUT2D eigenvalue weighted by atomic mass is 32.2. The molecule has 5 heterocycles. The van der Waals surface area contributed by atoms with Crippen LogP contribution in [0.4, 0.5) is 17.5 Å². The maximum absolute atomic E-state index is 11.8. The monoisotopic (exact) mass is 596 g/mol. The van der Waals surface area contributed by atoms with Crippen molar-refractivity contribution in [3.8, 4) is 5.88 Å². The van der Waals surface area contributed by atoms with Crippen LogP contribution in [0.15, 0.2) is 30.7 Å². The molecule has 0 radical (unpaired) electrons.